The maximum absolute atomic E-state index is 13.4. The van der Waals surface area contributed by atoms with E-state index < -0.39 is 0 Å². The molecule has 1 aliphatic heterocycles. The Morgan fingerprint density at radius 2 is 1.40 bits per heavy atom. The Morgan fingerprint density at radius 3 is 2.03 bits per heavy atom. The first-order valence-corrected chi connectivity index (χ1v) is 10.3. The zero-order chi connectivity index (χ0) is 20.8. The van der Waals surface area contributed by atoms with Crippen LogP contribution in [0.2, 0.25) is 0 Å². The molecule has 0 spiro atoms. The second-order valence-electron chi connectivity index (χ2n) is 7.53. The van der Waals surface area contributed by atoms with Gasteiger partial charge in [-0.2, -0.15) is 0 Å². The first-order chi connectivity index (χ1) is 14.7. The first-order valence-electron chi connectivity index (χ1n) is 10.3. The second kappa shape index (κ2) is 9.51. The summed E-state index contributed by atoms with van der Waals surface area (Å²) in [6.45, 7) is 3.73. The number of halogens is 1. The summed E-state index contributed by atoms with van der Waals surface area (Å²) in [5.41, 5.74) is 3.75. The predicted molar refractivity (Wildman–Crippen MR) is 119 cm³/mol. The van der Waals surface area contributed by atoms with E-state index in [-0.39, 0.29) is 11.7 Å². The van der Waals surface area contributed by atoms with Gasteiger partial charge in [-0.25, -0.2) is 4.39 Å². The molecular weight excluding hydrogens is 375 g/mol. The molecule has 3 aromatic rings. The molecule has 4 rings (SSSR count). The molecule has 1 heterocycles. The Kier molecular flexibility index (Phi) is 6.35. The first kappa shape index (κ1) is 20.0. The molecule has 1 aliphatic rings. The van der Waals surface area contributed by atoms with Gasteiger partial charge in [-0.1, -0.05) is 72.8 Å². The van der Waals surface area contributed by atoms with E-state index >= 15 is 0 Å². The summed E-state index contributed by atoms with van der Waals surface area (Å²) < 4.78 is 13.1. The fraction of sp³-hybridized carbons (Fsp3) is 0.192. The van der Waals surface area contributed by atoms with Crippen LogP contribution in [0.5, 0.6) is 0 Å². The zero-order valence-corrected chi connectivity index (χ0v) is 16.9. The molecule has 0 bridgehead atoms. The Morgan fingerprint density at radius 1 is 0.800 bits per heavy atom. The molecule has 3 aromatic carbocycles. The van der Waals surface area contributed by atoms with Crippen LogP contribution in [-0.4, -0.2) is 41.9 Å². The smallest absolute Gasteiger partial charge is 0.254 e. The highest BCUT2D eigenvalue weighted by atomic mass is 19.1. The van der Waals surface area contributed by atoms with Gasteiger partial charge >= 0.3 is 0 Å². The van der Waals surface area contributed by atoms with Crippen molar-refractivity contribution in [1.29, 1.82) is 0 Å². The van der Waals surface area contributed by atoms with Crippen molar-refractivity contribution >= 4 is 17.6 Å². The van der Waals surface area contributed by atoms with Gasteiger partial charge in [0.1, 0.15) is 5.82 Å². The van der Waals surface area contributed by atoms with E-state index in [1.807, 2.05) is 83.8 Å². The van der Waals surface area contributed by atoms with Gasteiger partial charge in [0, 0.05) is 38.3 Å². The fourth-order valence-electron chi connectivity index (χ4n) is 3.73. The summed E-state index contributed by atoms with van der Waals surface area (Å²) >= 11 is 0. The van der Waals surface area contributed by atoms with E-state index in [0.717, 1.165) is 36.3 Å². The molecule has 4 heteroatoms. The molecule has 0 aliphatic carbocycles. The van der Waals surface area contributed by atoms with Crippen molar-refractivity contribution in [2.75, 3.05) is 26.2 Å². The van der Waals surface area contributed by atoms with Crippen LogP contribution in [0.3, 0.4) is 0 Å². The molecule has 1 saturated heterocycles. The molecular formula is C26H25FN2O. The van der Waals surface area contributed by atoms with E-state index in [4.69, 9.17) is 0 Å². The van der Waals surface area contributed by atoms with Crippen LogP contribution >= 0.6 is 0 Å². The number of benzene rings is 3. The van der Waals surface area contributed by atoms with E-state index in [0.29, 0.717) is 18.7 Å². The maximum atomic E-state index is 13.4. The van der Waals surface area contributed by atoms with Crippen LogP contribution in [0.1, 0.15) is 16.7 Å². The molecule has 0 unspecified atom stereocenters. The molecule has 0 N–H and O–H groups in total. The molecule has 3 nitrogen and oxygen atoms in total. The predicted octanol–water partition coefficient (Wildman–Crippen LogP) is 4.71. The molecule has 1 amide bonds. The molecule has 1 fully saturated rings. The van der Waals surface area contributed by atoms with Crippen molar-refractivity contribution in [3.05, 3.63) is 107 Å². The van der Waals surface area contributed by atoms with Gasteiger partial charge in [0.05, 0.1) is 0 Å². The normalized spacial score (nSPS) is 15.2. The minimum atomic E-state index is -0.215. The largest absolute Gasteiger partial charge is 0.336 e. The summed E-state index contributed by atoms with van der Waals surface area (Å²) in [7, 11) is 0. The minimum absolute atomic E-state index is 0.0616. The number of hydrogen-bond donors (Lipinski definition) is 0. The highest BCUT2D eigenvalue weighted by Crippen LogP contribution is 2.22. The van der Waals surface area contributed by atoms with Gasteiger partial charge in [0.25, 0.3) is 5.91 Å². The molecule has 0 radical (unpaired) electrons. The monoisotopic (exact) mass is 400 g/mol. The molecule has 152 valence electrons. The van der Waals surface area contributed by atoms with Crippen LogP contribution in [0, 0.1) is 5.82 Å². The van der Waals surface area contributed by atoms with Gasteiger partial charge in [0.15, 0.2) is 0 Å². The topological polar surface area (TPSA) is 23.6 Å². The highest BCUT2D eigenvalue weighted by Gasteiger charge is 2.24. The second-order valence-corrected chi connectivity index (χ2v) is 7.53. The lowest BCUT2D eigenvalue weighted by atomic mass is 10.0. The van der Waals surface area contributed by atoms with Crippen molar-refractivity contribution in [2.45, 2.75) is 6.54 Å². The van der Waals surface area contributed by atoms with Crippen molar-refractivity contribution in [3.8, 4) is 0 Å². The lowest BCUT2D eigenvalue weighted by Gasteiger charge is -2.35. The quantitative estimate of drug-likeness (QED) is 0.457. The van der Waals surface area contributed by atoms with Crippen molar-refractivity contribution in [3.63, 3.8) is 0 Å². The number of amides is 1. The summed E-state index contributed by atoms with van der Waals surface area (Å²) in [4.78, 5) is 17.6. The zero-order valence-electron chi connectivity index (χ0n) is 16.9. The maximum Gasteiger partial charge on any atom is 0.254 e. The van der Waals surface area contributed by atoms with E-state index in [9.17, 15) is 9.18 Å². The Bertz CT molecular complexity index is 992. The van der Waals surface area contributed by atoms with Gasteiger partial charge in [-0.3, -0.25) is 9.69 Å². The standard InChI is InChI=1S/C26H25FN2O/c27-24-13-11-22(12-14-24)20-28-15-17-29(18-16-28)26(30)25(23-9-5-2-6-10-23)19-21-7-3-1-4-8-21/h1-14,19H,15-18,20H2/b25-19-. The summed E-state index contributed by atoms with van der Waals surface area (Å²) in [5.74, 6) is -0.153. The highest BCUT2D eigenvalue weighted by molar-refractivity contribution is 6.24. The fourth-order valence-corrected chi connectivity index (χ4v) is 3.73. The van der Waals surface area contributed by atoms with Gasteiger partial charge in [0.2, 0.25) is 0 Å². The van der Waals surface area contributed by atoms with E-state index in [2.05, 4.69) is 4.90 Å². The van der Waals surface area contributed by atoms with Gasteiger partial charge in [-0.05, 0) is 34.9 Å². The summed E-state index contributed by atoms with van der Waals surface area (Å²) in [6.07, 6.45) is 1.97. The molecule has 30 heavy (non-hydrogen) atoms. The van der Waals surface area contributed by atoms with Crippen LogP contribution in [0.25, 0.3) is 11.6 Å². The Balaban J connectivity index is 1.46. The Hall–Kier alpha value is -3.24. The number of hydrogen-bond acceptors (Lipinski definition) is 2. The average Bonchev–Trinajstić information content (AvgIpc) is 2.80. The summed E-state index contributed by atoms with van der Waals surface area (Å²) in [5, 5.41) is 0. The third kappa shape index (κ3) is 5.02. The van der Waals surface area contributed by atoms with Crippen molar-refractivity contribution in [2.24, 2.45) is 0 Å². The molecule has 0 aromatic heterocycles. The third-order valence-corrected chi connectivity index (χ3v) is 5.40. The van der Waals surface area contributed by atoms with Gasteiger partial charge in [-0.15, -0.1) is 0 Å². The van der Waals surface area contributed by atoms with E-state index in [1.165, 1.54) is 12.1 Å². The number of rotatable bonds is 5. The SMILES string of the molecule is O=C(/C(=C\c1ccccc1)c1ccccc1)N1CCN(Cc2ccc(F)cc2)CC1. The molecule has 0 saturated carbocycles. The van der Waals surface area contributed by atoms with E-state index in [1.54, 1.807) is 0 Å². The van der Waals surface area contributed by atoms with Gasteiger partial charge < -0.3 is 4.90 Å². The van der Waals surface area contributed by atoms with Crippen LogP contribution in [0.15, 0.2) is 84.9 Å². The lowest BCUT2D eigenvalue weighted by Crippen LogP contribution is -2.48. The van der Waals surface area contributed by atoms with Crippen molar-refractivity contribution in [1.82, 2.24) is 9.80 Å². The minimum Gasteiger partial charge on any atom is -0.336 e. The molecule has 0 atom stereocenters. The Labute approximate surface area is 177 Å². The average molecular weight is 400 g/mol. The number of carbonyl (C=O) groups excluding carboxylic acids is 1. The summed E-state index contributed by atoms with van der Waals surface area (Å²) in [6, 6.07) is 26.4. The van der Waals surface area contributed by atoms with Crippen molar-refractivity contribution < 1.29 is 9.18 Å². The number of carbonyl (C=O) groups is 1. The number of nitrogens with zero attached hydrogens (tertiary/aromatic N) is 2. The van der Waals surface area contributed by atoms with Crippen LogP contribution in [-0.2, 0) is 11.3 Å². The lowest BCUT2D eigenvalue weighted by molar-refractivity contribution is -0.126. The third-order valence-electron chi connectivity index (χ3n) is 5.40. The number of piperazine rings is 1. The van der Waals surface area contributed by atoms with Crippen LogP contribution in [0.4, 0.5) is 4.39 Å². The van der Waals surface area contributed by atoms with Crippen LogP contribution < -0.4 is 0 Å².